The highest BCUT2D eigenvalue weighted by molar-refractivity contribution is 7.98. The zero-order chi connectivity index (χ0) is 18.9. The second-order valence-electron chi connectivity index (χ2n) is 6.01. The molecule has 6 nitrogen and oxygen atoms in total. The number of nitrogens with zero attached hydrogens (tertiary/aromatic N) is 3. The Morgan fingerprint density at radius 1 is 1.38 bits per heavy atom. The van der Waals surface area contributed by atoms with Crippen molar-refractivity contribution >= 4 is 34.8 Å². The molecule has 0 fully saturated rings. The Hall–Kier alpha value is -1.83. The van der Waals surface area contributed by atoms with Crippen LogP contribution in [0.3, 0.4) is 0 Å². The summed E-state index contributed by atoms with van der Waals surface area (Å²) in [5, 5.41) is 8.58. The van der Waals surface area contributed by atoms with Crippen molar-refractivity contribution in [2.45, 2.75) is 26.8 Å². The van der Waals surface area contributed by atoms with Crippen LogP contribution in [0, 0.1) is 0 Å². The lowest BCUT2D eigenvalue weighted by molar-refractivity contribution is -0.124. The van der Waals surface area contributed by atoms with E-state index in [9.17, 15) is 4.79 Å². The molecule has 142 valence electrons. The van der Waals surface area contributed by atoms with Gasteiger partial charge in [-0.1, -0.05) is 19.9 Å². The highest BCUT2D eigenvalue weighted by Gasteiger charge is 2.12. The third kappa shape index (κ3) is 5.33. The number of carbonyl (C=O) groups is 1. The van der Waals surface area contributed by atoms with Crippen molar-refractivity contribution in [2.24, 2.45) is 0 Å². The quantitative estimate of drug-likeness (QED) is 0.379. The number of thioether (sulfide) groups is 1. The van der Waals surface area contributed by atoms with E-state index in [4.69, 9.17) is 10.2 Å². The standard InChI is InChI=1S/C19H28N4O2S/c1-4-22(5-2)11-12-23-17-8-6-15(7-9-19(24)21-25)14-16(17)20-18(23)10-13-26-3/h6-9,14,25H,4-5,10-13H2,1-3H3,(H,21,24)/b9-7+. The smallest absolute Gasteiger partial charge is 0.267 e. The first kappa shape index (κ1) is 20.5. The molecule has 0 aliphatic rings. The van der Waals surface area contributed by atoms with Gasteiger partial charge < -0.3 is 9.47 Å². The second kappa shape index (κ2) is 10.4. The molecule has 0 unspecified atom stereocenters. The van der Waals surface area contributed by atoms with Crippen molar-refractivity contribution in [1.29, 1.82) is 0 Å². The molecule has 0 saturated carbocycles. The summed E-state index contributed by atoms with van der Waals surface area (Å²) in [5.74, 6) is 1.60. The molecular formula is C19H28N4O2S. The monoisotopic (exact) mass is 376 g/mol. The minimum Gasteiger partial charge on any atom is -0.327 e. The zero-order valence-electron chi connectivity index (χ0n) is 15.7. The number of imidazole rings is 1. The number of likely N-dealkylation sites (N-methyl/N-ethyl adjacent to an activating group) is 1. The van der Waals surface area contributed by atoms with Crippen LogP contribution < -0.4 is 5.48 Å². The highest BCUT2D eigenvalue weighted by Crippen LogP contribution is 2.20. The van der Waals surface area contributed by atoms with Crippen LogP contribution in [-0.4, -0.2) is 57.2 Å². The fraction of sp³-hybridized carbons (Fsp3) is 0.474. The number of aromatic nitrogens is 2. The van der Waals surface area contributed by atoms with Crippen LogP contribution in [0.1, 0.15) is 25.2 Å². The fourth-order valence-electron chi connectivity index (χ4n) is 2.92. The number of aryl methyl sites for hydroxylation is 1. The van der Waals surface area contributed by atoms with Crippen LogP contribution in [0.2, 0.25) is 0 Å². The number of carbonyl (C=O) groups excluding carboxylic acids is 1. The number of hydrogen-bond acceptors (Lipinski definition) is 5. The van der Waals surface area contributed by atoms with Crippen LogP contribution in [0.5, 0.6) is 0 Å². The third-order valence-corrected chi connectivity index (χ3v) is 5.07. The topological polar surface area (TPSA) is 70.4 Å². The minimum atomic E-state index is -0.546. The van der Waals surface area contributed by atoms with Crippen molar-refractivity contribution in [2.75, 3.05) is 31.6 Å². The molecule has 2 rings (SSSR count). The van der Waals surface area contributed by atoms with Gasteiger partial charge in [-0.2, -0.15) is 11.8 Å². The van der Waals surface area contributed by atoms with Crippen molar-refractivity contribution in [3.63, 3.8) is 0 Å². The van der Waals surface area contributed by atoms with Crippen LogP contribution in [0.15, 0.2) is 24.3 Å². The molecule has 0 aliphatic carbocycles. The van der Waals surface area contributed by atoms with Gasteiger partial charge in [0.1, 0.15) is 5.82 Å². The number of hydrogen-bond donors (Lipinski definition) is 2. The van der Waals surface area contributed by atoms with E-state index >= 15 is 0 Å². The molecule has 2 aromatic rings. The van der Waals surface area contributed by atoms with Gasteiger partial charge in [0.2, 0.25) is 0 Å². The predicted molar refractivity (Wildman–Crippen MR) is 109 cm³/mol. The Kier molecular flexibility index (Phi) is 8.15. The summed E-state index contributed by atoms with van der Waals surface area (Å²) in [4.78, 5) is 18.4. The average molecular weight is 377 g/mol. The third-order valence-electron chi connectivity index (χ3n) is 4.45. The molecule has 0 radical (unpaired) electrons. The van der Waals surface area contributed by atoms with Gasteiger partial charge in [-0.3, -0.25) is 10.0 Å². The molecule has 0 atom stereocenters. The molecule has 2 N–H and O–H groups in total. The maximum Gasteiger partial charge on any atom is 0.267 e. The lowest BCUT2D eigenvalue weighted by Crippen LogP contribution is -2.27. The van der Waals surface area contributed by atoms with Gasteiger partial charge >= 0.3 is 0 Å². The van der Waals surface area contributed by atoms with Gasteiger partial charge in [-0.25, -0.2) is 10.5 Å². The Morgan fingerprint density at radius 2 is 2.15 bits per heavy atom. The summed E-state index contributed by atoms with van der Waals surface area (Å²) in [5.41, 5.74) is 4.53. The molecule has 1 aromatic carbocycles. The summed E-state index contributed by atoms with van der Waals surface area (Å²) in [6.45, 7) is 8.39. The molecule has 1 amide bonds. The van der Waals surface area contributed by atoms with Gasteiger partial charge in [-0.05, 0) is 43.1 Å². The van der Waals surface area contributed by atoms with E-state index in [0.717, 1.165) is 60.8 Å². The van der Waals surface area contributed by atoms with E-state index in [1.165, 1.54) is 6.08 Å². The first-order chi connectivity index (χ1) is 12.6. The van der Waals surface area contributed by atoms with Crippen LogP contribution in [0.25, 0.3) is 17.1 Å². The van der Waals surface area contributed by atoms with E-state index in [0.29, 0.717) is 0 Å². The number of amides is 1. The van der Waals surface area contributed by atoms with Gasteiger partial charge in [-0.15, -0.1) is 0 Å². The maximum absolute atomic E-state index is 11.2. The van der Waals surface area contributed by atoms with Crippen LogP contribution in [-0.2, 0) is 17.8 Å². The van der Waals surface area contributed by atoms with E-state index in [1.807, 2.05) is 23.9 Å². The highest BCUT2D eigenvalue weighted by atomic mass is 32.2. The van der Waals surface area contributed by atoms with Crippen molar-refractivity contribution in [1.82, 2.24) is 19.9 Å². The van der Waals surface area contributed by atoms with Gasteiger partial charge in [0.05, 0.1) is 11.0 Å². The maximum atomic E-state index is 11.2. The van der Waals surface area contributed by atoms with E-state index in [-0.39, 0.29) is 0 Å². The molecule has 7 heteroatoms. The molecule has 0 spiro atoms. The van der Waals surface area contributed by atoms with Crippen LogP contribution >= 0.6 is 11.8 Å². The summed E-state index contributed by atoms with van der Waals surface area (Å²) in [6, 6.07) is 6.01. The summed E-state index contributed by atoms with van der Waals surface area (Å²) in [6.07, 6.45) is 6.01. The summed E-state index contributed by atoms with van der Waals surface area (Å²) in [7, 11) is 0. The van der Waals surface area contributed by atoms with E-state index < -0.39 is 5.91 Å². The SMILES string of the molecule is CCN(CC)CCn1c(CCSC)nc2cc(/C=C/C(=O)NO)ccc21. The molecule has 26 heavy (non-hydrogen) atoms. The Labute approximate surface area is 159 Å². The molecular weight excluding hydrogens is 348 g/mol. The lowest BCUT2D eigenvalue weighted by Gasteiger charge is -2.19. The lowest BCUT2D eigenvalue weighted by atomic mass is 10.2. The van der Waals surface area contributed by atoms with Crippen LogP contribution in [0.4, 0.5) is 0 Å². The van der Waals surface area contributed by atoms with Crippen molar-refractivity contribution in [3.8, 4) is 0 Å². The van der Waals surface area contributed by atoms with E-state index in [2.05, 4.69) is 35.6 Å². The van der Waals surface area contributed by atoms with Crippen molar-refractivity contribution in [3.05, 3.63) is 35.7 Å². The fourth-order valence-corrected chi connectivity index (χ4v) is 3.31. The molecule has 1 heterocycles. The molecule has 1 aromatic heterocycles. The summed E-state index contributed by atoms with van der Waals surface area (Å²) < 4.78 is 2.32. The van der Waals surface area contributed by atoms with Gasteiger partial charge in [0, 0.05) is 31.3 Å². The zero-order valence-corrected chi connectivity index (χ0v) is 16.6. The Morgan fingerprint density at radius 3 is 2.81 bits per heavy atom. The van der Waals surface area contributed by atoms with Gasteiger partial charge in [0.25, 0.3) is 5.91 Å². The first-order valence-corrected chi connectivity index (χ1v) is 10.3. The average Bonchev–Trinajstić information content (AvgIpc) is 3.01. The number of rotatable bonds is 10. The second-order valence-corrected chi connectivity index (χ2v) is 6.99. The Balaban J connectivity index is 2.31. The normalized spacial score (nSPS) is 11.7. The van der Waals surface area contributed by atoms with Gasteiger partial charge in [0.15, 0.2) is 0 Å². The summed E-state index contributed by atoms with van der Waals surface area (Å²) >= 11 is 1.82. The first-order valence-electron chi connectivity index (χ1n) is 8.95. The Bertz CT molecular complexity index is 753. The number of hydroxylamine groups is 1. The molecule has 0 saturated heterocycles. The molecule has 0 bridgehead atoms. The number of nitrogens with one attached hydrogen (secondary N) is 1. The number of fused-ring (bicyclic) bond motifs is 1. The van der Waals surface area contributed by atoms with E-state index in [1.54, 1.807) is 11.6 Å². The predicted octanol–water partition coefficient (Wildman–Crippen LogP) is 2.80. The van der Waals surface area contributed by atoms with Crippen molar-refractivity contribution < 1.29 is 10.0 Å². The molecule has 0 aliphatic heterocycles. The minimum absolute atomic E-state index is 0.546. The largest absolute Gasteiger partial charge is 0.327 e. The number of benzene rings is 1.